The number of anilines is 2. The molecule has 0 saturated heterocycles. The first-order valence-corrected chi connectivity index (χ1v) is 8.69. The average Bonchev–Trinajstić information content (AvgIpc) is 2.69. The molecule has 142 valence electrons. The number of hydrogen-bond acceptors (Lipinski definition) is 6. The number of carbonyl (C=O) groups is 2. The van der Waals surface area contributed by atoms with Gasteiger partial charge in [0.15, 0.2) is 0 Å². The second-order valence-electron chi connectivity index (χ2n) is 6.15. The van der Waals surface area contributed by atoms with Crippen LogP contribution in [0.3, 0.4) is 0 Å². The zero-order chi connectivity index (χ0) is 19.9. The molecule has 6 nitrogen and oxygen atoms in total. The largest absolute Gasteiger partial charge is 0.457 e. The lowest BCUT2D eigenvalue weighted by Gasteiger charge is -2.16. The normalized spacial score (nSPS) is 10.3. The van der Waals surface area contributed by atoms with Crippen LogP contribution in [0.5, 0.6) is 23.0 Å². The summed E-state index contributed by atoms with van der Waals surface area (Å²) in [6.07, 6.45) is 1.88. The monoisotopic (exact) mass is 376 g/mol. The second-order valence-corrected chi connectivity index (χ2v) is 6.15. The number of benzene rings is 3. The van der Waals surface area contributed by atoms with Gasteiger partial charge >= 0.3 is 0 Å². The Labute approximate surface area is 162 Å². The quantitative estimate of drug-likeness (QED) is 0.456. The fraction of sp³-hybridized carbons (Fsp3) is 0.0909. The van der Waals surface area contributed by atoms with Crippen LogP contribution in [-0.2, 0) is 22.4 Å². The third-order valence-electron chi connectivity index (χ3n) is 4.07. The minimum Gasteiger partial charge on any atom is -0.457 e. The summed E-state index contributed by atoms with van der Waals surface area (Å²) >= 11 is 0. The van der Waals surface area contributed by atoms with E-state index in [1.165, 1.54) is 0 Å². The molecule has 3 aromatic rings. The Morgan fingerprint density at radius 2 is 1.04 bits per heavy atom. The first-order chi connectivity index (χ1) is 13.6. The lowest BCUT2D eigenvalue weighted by atomic mass is 10.0. The Bertz CT molecular complexity index is 890. The van der Waals surface area contributed by atoms with Gasteiger partial charge < -0.3 is 30.5 Å². The third-order valence-corrected chi connectivity index (χ3v) is 4.07. The van der Waals surface area contributed by atoms with Gasteiger partial charge in [0.1, 0.15) is 35.6 Å². The maximum absolute atomic E-state index is 11.1. The SMILES string of the molecule is Nc1ccc(Oc2cc(Oc3ccc(N)cc3)c(CC=O)cc2CC=O)cc1. The van der Waals surface area contributed by atoms with Gasteiger partial charge in [0.05, 0.1) is 0 Å². The van der Waals surface area contributed by atoms with E-state index in [4.69, 9.17) is 20.9 Å². The van der Waals surface area contributed by atoms with E-state index in [1.807, 2.05) is 0 Å². The molecule has 0 radical (unpaired) electrons. The van der Waals surface area contributed by atoms with Gasteiger partial charge in [0.25, 0.3) is 0 Å². The molecule has 3 rings (SSSR count). The molecule has 0 saturated carbocycles. The fourth-order valence-corrected chi connectivity index (χ4v) is 2.67. The number of carbonyl (C=O) groups excluding carboxylic acids is 2. The molecule has 0 spiro atoms. The summed E-state index contributed by atoms with van der Waals surface area (Å²) in [5, 5.41) is 0. The van der Waals surface area contributed by atoms with Gasteiger partial charge in [-0.25, -0.2) is 0 Å². The molecular weight excluding hydrogens is 356 g/mol. The van der Waals surface area contributed by atoms with Crippen LogP contribution in [-0.4, -0.2) is 12.6 Å². The van der Waals surface area contributed by atoms with Gasteiger partial charge in [-0.2, -0.15) is 0 Å². The Balaban J connectivity index is 2.00. The Morgan fingerprint density at radius 3 is 1.39 bits per heavy atom. The van der Waals surface area contributed by atoms with Crippen LogP contribution in [0.1, 0.15) is 11.1 Å². The van der Waals surface area contributed by atoms with Crippen LogP contribution in [0.15, 0.2) is 60.7 Å². The fourth-order valence-electron chi connectivity index (χ4n) is 2.67. The van der Waals surface area contributed by atoms with E-state index >= 15 is 0 Å². The van der Waals surface area contributed by atoms with Crippen molar-refractivity contribution in [3.05, 3.63) is 71.8 Å². The number of rotatable bonds is 8. The molecule has 3 aromatic carbocycles. The van der Waals surface area contributed by atoms with E-state index in [0.717, 1.165) is 12.6 Å². The predicted octanol–water partition coefficient (Wildman–Crippen LogP) is 3.92. The summed E-state index contributed by atoms with van der Waals surface area (Å²) in [5.74, 6) is 2.08. The van der Waals surface area contributed by atoms with E-state index in [1.54, 1.807) is 60.7 Å². The molecule has 4 N–H and O–H groups in total. The van der Waals surface area contributed by atoms with Gasteiger partial charge in [0.2, 0.25) is 0 Å². The van der Waals surface area contributed by atoms with E-state index < -0.39 is 0 Å². The summed E-state index contributed by atoms with van der Waals surface area (Å²) < 4.78 is 11.9. The van der Waals surface area contributed by atoms with Gasteiger partial charge in [-0.1, -0.05) is 0 Å². The maximum Gasteiger partial charge on any atom is 0.134 e. The van der Waals surface area contributed by atoms with Gasteiger partial charge in [-0.3, -0.25) is 0 Å². The van der Waals surface area contributed by atoms with Crippen molar-refractivity contribution in [2.45, 2.75) is 12.8 Å². The molecule has 0 fully saturated rings. The van der Waals surface area contributed by atoms with Crippen LogP contribution in [0, 0.1) is 0 Å². The molecule has 0 atom stereocenters. The highest BCUT2D eigenvalue weighted by molar-refractivity contribution is 5.64. The molecule has 0 bridgehead atoms. The van der Waals surface area contributed by atoms with Crippen LogP contribution >= 0.6 is 0 Å². The zero-order valence-electron chi connectivity index (χ0n) is 15.1. The molecule has 28 heavy (non-hydrogen) atoms. The molecular formula is C22H20N2O4. The number of ether oxygens (including phenoxy) is 2. The summed E-state index contributed by atoms with van der Waals surface area (Å²) in [6, 6.07) is 17.3. The highest BCUT2D eigenvalue weighted by atomic mass is 16.5. The highest BCUT2D eigenvalue weighted by Crippen LogP contribution is 2.35. The summed E-state index contributed by atoms with van der Waals surface area (Å²) in [5.41, 5.74) is 14.0. The lowest BCUT2D eigenvalue weighted by Crippen LogP contribution is -2.00. The van der Waals surface area contributed by atoms with Gasteiger partial charge in [-0.15, -0.1) is 0 Å². The summed E-state index contributed by atoms with van der Waals surface area (Å²) in [4.78, 5) is 22.2. The highest BCUT2D eigenvalue weighted by Gasteiger charge is 2.14. The molecule has 6 heteroatoms. The Morgan fingerprint density at radius 1 is 0.643 bits per heavy atom. The van der Waals surface area contributed by atoms with Crippen molar-refractivity contribution in [1.82, 2.24) is 0 Å². The van der Waals surface area contributed by atoms with E-state index in [-0.39, 0.29) is 12.8 Å². The number of nitrogen functional groups attached to an aromatic ring is 2. The van der Waals surface area contributed by atoms with Crippen molar-refractivity contribution in [3.63, 3.8) is 0 Å². The first kappa shape index (κ1) is 19.0. The molecule has 0 heterocycles. The molecule has 0 aliphatic carbocycles. The van der Waals surface area contributed by atoms with Crippen LogP contribution in [0.4, 0.5) is 11.4 Å². The van der Waals surface area contributed by atoms with Crippen molar-refractivity contribution < 1.29 is 19.1 Å². The minimum absolute atomic E-state index is 0.151. The minimum atomic E-state index is 0.151. The van der Waals surface area contributed by atoms with Crippen LogP contribution in [0.2, 0.25) is 0 Å². The maximum atomic E-state index is 11.1. The van der Waals surface area contributed by atoms with Crippen molar-refractivity contribution in [2.24, 2.45) is 0 Å². The second kappa shape index (κ2) is 8.73. The van der Waals surface area contributed by atoms with E-state index in [9.17, 15) is 9.59 Å². The lowest BCUT2D eigenvalue weighted by molar-refractivity contribution is -0.108. The van der Waals surface area contributed by atoms with Crippen molar-refractivity contribution in [3.8, 4) is 23.0 Å². The zero-order valence-corrected chi connectivity index (χ0v) is 15.1. The Kier molecular flexibility index (Phi) is 5.91. The summed E-state index contributed by atoms with van der Waals surface area (Å²) in [7, 11) is 0. The molecule has 0 amide bonds. The molecule has 0 aliphatic heterocycles. The standard InChI is InChI=1S/C22H20N2O4/c23-17-1-5-19(6-2-17)27-21-14-22(28-20-7-3-18(24)4-8-20)16(10-12-26)13-15(21)9-11-25/h1-8,11-14H,9-10,23-24H2. The van der Waals surface area contributed by atoms with E-state index in [2.05, 4.69) is 0 Å². The number of aldehydes is 2. The first-order valence-electron chi connectivity index (χ1n) is 8.69. The Hall–Kier alpha value is -3.80. The third kappa shape index (κ3) is 4.67. The van der Waals surface area contributed by atoms with Gasteiger partial charge in [0, 0.05) is 41.4 Å². The number of nitrogens with two attached hydrogens (primary N) is 2. The summed E-state index contributed by atoms with van der Waals surface area (Å²) in [6.45, 7) is 0. The topological polar surface area (TPSA) is 105 Å². The van der Waals surface area contributed by atoms with Crippen molar-refractivity contribution in [1.29, 1.82) is 0 Å². The number of hydrogen-bond donors (Lipinski definition) is 2. The van der Waals surface area contributed by atoms with Crippen LogP contribution in [0.25, 0.3) is 0 Å². The smallest absolute Gasteiger partial charge is 0.134 e. The van der Waals surface area contributed by atoms with Crippen molar-refractivity contribution >= 4 is 23.9 Å². The van der Waals surface area contributed by atoms with Gasteiger partial charge in [-0.05, 0) is 54.6 Å². The molecule has 0 aliphatic rings. The van der Waals surface area contributed by atoms with E-state index in [0.29, 0.717) is 45.5 Å². The average molecular weight is 376 g/mol. The van der Waals surface area contributed by atoms with Crippen molar-refractivity contribution in [2.75, 3.05) is 11.5 Å². The predicted molar refractivity (Wildman–Crippen MR) is 108 cm³/mol. The van der Waals surface area contributed by atoms with Crippen LogP contribution < -0.4 is 20.9 Å². The molecule has 0 aromatic heterocycles. The molecule has 0 unspecified atom stereocenters.